The largest absolute Gasteiger partial charge is 0.494 e. The molecule has 0 saturated carbocycles. The second-order valence-electron chi connectivity index (χ2n) is 30.3. The quantitative estimate of drug-likeness (QED) is 0.0217. The molecule has 0 N–H and O–H groups in total. The van der Waals surface area contributed by atoms with Crippen LogP contribution < -0.4 is 39.8 Å². The van der Waals surface area contributed by atoms with Crippen molar-refractivity contribution in [2.45, 2.75) is 233 Å². The average Bonchev–Trinajstić information content (AvgIpc) is 0.709. The van der Waals surface area contributed by atoms with Gasteiger partial charge in [-0.25, -0.2) is 0 Å². The Morgan fingerprint density at radius 3 is 0.565 bits per heavy atom. The van der Waals surface area contributed by atoms with E-state index in [1.54, 1.807) is 0 Å². The predicted molar refractivity (Wildman–Crippen MR) is 461 cm³/mol. The summed E-state index contributed by atoms with van der Waals surface area (Å²) in [5.74, 6) is 3.58. The van der Waals surface area contributed by atoms with Gasteiger partial charge in [0.2, 0.25) is 0 Å². The summed E-state index contributed by atoms with van der Waals surface area (Å²) in [7, 11) is 0. The molecular weight excluding hydrogens is 1310 g/mol. The number of rotatable bonds is 44. The van der Waals surface area contributed by atoms with Crippen LogP contribution in [0.5, 0.6) is 23.0 Å². The number of hydrogen-bond donors (Lipinski definition) is 0. The Morgan fingerprint density at radius 2 is 0.370 bits per heavy atom. The average molecular weight is 1430 g/mol. The number of unbranched alkanes of at least 4 members (excludes halogenated alkanes) is 28. The summed E-state index contributed by atoms with van der Waals surface area (Å²) in [5.41, 5.74) is 37.8. The van der Waals surface area contributed by atoms with E-state index in [9.17, 15) is 0 Å². The molecule has 0 aliphatic heterocycles. The highest BCUT2D eigenvalue weighted by Crippen LogP contribution is 2.49. The van der Waals surface area contributed by atoms with Crippen LogP contribution in [0.2, 0.25) is 0 Å². The van der Waals surface area contributed by atoms with Crippen LogP contribution >= 0.6 is 0 Å². The monoisotopic (exact) mass is 1420 g/mol. The Kier molecular flexibility index (Phi) is 28.2. The number of benzene rings is 12. The smallest absolute Gasteiger partial charge is 0.119 e. The van der Waals surface area contributed by atoms with Gasteiger partial charge in [-0.15, -0.1) is 0 Å². The second kappa shape index (κ2) is 39.8. The highest BCUT2D eigenvalue weighted by molar-refractivity contribution is 6.32. The molecule has 4 heteroatoms. The third kappa shape index (κ3) is 18.6. The van der Waals surface area contributed by atoms with Crippen molar-refractivity contribution < 1.29 is 18.9 Å². The highest BCUT2D eigenvalue weighted by Gasteiger charge is 2.25. The molecule has 4 nitrogen and oxygen atoms in total. The molecule has 1 aliphatic carbocycles. The van der Waals surface area contributed by atoms with Crippen molar-refractivity contribution in [3.63, 3.8) is 0 Å². The standard InChI is InChI=1S/C104H112O4/c1-5-9-13-17-21-25-29-37-73-105-81-65-57-77(58-66-81)97-93-53-41-49-89-85-45-33-34-47-87-88(48-36-35-46-86(85)90-50-42-54-94(102(90)101(89)93)98(97)78-59-67-82(68-60-78)106-74-38-30-26-22-18-14-10-6-2)92-52-44-56-96-100(80-63-71-84(72-64-80)108-76-40-32-28-24-20-16-12-8-4)99(95-55-43-51-91(87)103(95)104(92)96)79-61-69-83(70-62-79)107-75-39-31-27-23-19-15-11-7-3/h41-44,49-72H,5-32,37-40,73-76H2,1-4H3. The van der Waals surface area contributed by atoms with Crippen molar-refractivity contribution in [1.82, 2.24) is 0 Å². The van der Waals surface area contributed by atoms with Crippen molar-refractivity contribution in [2.75, 3.05) is 26.4 Å². The molecule has 12 aromatic rings. The first kappa shape index (κ1) is 76.4. The van der Waals surface area contributed by atoms with E-state index in [-0.39, 0.29) is 0 Å². The van der Waals surface area contributed by atoms with Gasteiger partial charge in [0, 0.05) is 20.9 Å². The van der Waals surface area contributed by atoms with E-state index in [1.165, 1.54) is 202 Å². The van der Waals surface area contributed by atoms with Gasteiger partial charge in [0.25, 0.3) is 0 Å². The summed E-state index contributed by atoms with van der Waals surface area (Å²) in [6.45, 7) is 12.0. The Bertz CT molecular complexity index is 4790. The van der Waals surface area contributed by atoms with Gasteiger partial charge in [-0.2, -0.15) is 0 Å². The topological polar surface area (TPSA) is 36.9 Å². The maximum absolute atomic E-state index is 6.45. The lowest BCUT2D eigenvalue weighted by Gasteiger charge is -2.21. The summed E-state index contributed by atoms with van der Waals surface area (Å²) >= 11 is 0. The molecule has 108 heavy (non-hydrogen) atoms. The van der Waals surface area contributed by atoms with E-state index >= 15 is 0 Å². The minimum atomic E-state index is 0.717. The van der Waals surface area contributed by atoms with Crippen LogP contribution in [0.4, 0.5) is 0 Å². The molecule has 1 aliphatic rings. The van der Waals surface area contributed by atoms with Crippen molar-refractivity contribution in [3.05, 3.63) is 214 Å². The van der Waals surface area contributed by atoms with Crippen molar-refractivity contribution in [3.8, 4) is 67.5 Å². The number of ether oxygens (including phenoxy) is 4. The molecule has 0 bridgehead atoms. The van der Waals surface area contributed by atoms with E-state index in [0.717, 1.165) is 156 Å². The summed E-state index contributed by atoms with van der Waals surface area (Å²) in [4.78, 5) is 0. The van der Waals surface area contributed by atoms with Crippen LogP contribution in [-0.2, 0) is 0 Å². The molecule has 0 amide bonds. The van der Waals surface area contributed by atoms with Crippen LogP contribution in [0.3, 0.4) is 0 Å². The van der Waals surface area contributed by atoms with Crippen LogP contribution in [-0.4, -0.2) is 26.4 Å². The minimum Gasteiger partial charge on any atom is -0.494 e. The third-order valence-corrected chi connectivity index (χ3v) is 22.4. The minimum absolute atomic E-state index is 0.717. The molecule has 0 spiro atoms. The van der Waals surface area contributed by atoms with Crippen LogP contribution in [0.25, 0.3) is 132 Å². The van der Waals surface area contributed by atoms with Gasteiger partial charge in [0.15, 0.2) is 0 Å². The maximum atomic E-state index is 6.45. The fraction of sp³-hybridized carbons (Fsp3) is 0.385. The summed E-state index contributed by atoms with van der Waals surface area (Å²) in [6.07, 6.45) is 40.5. The molecule has 13 rings (SSSR count). The zero-order valence-electron chi connectivity index (χ0n) is 65.3. The zero-order valence-corrected chi connectivity index (χ0v) is 65.3. The van der Waals surface area contributed by atoms with E-state index in [2.05, 4.69) is 243 Å². The molecule has 0 radical (unpaired) electrons. The van der Waals surface area contributed by atoms with Crippen molar-refractivity contribution in [1.29, 1.82) is 0 Å². The van der Waals surface area contributed by atoms with E-state index in [4.69, 9.17) is 18.9 Å². The molecule has 0 fully saturated rings. The van der Waals surface area contributed by atoms with Gasteiger partial charge in [0.1, 0.15) is 23.0 Å². The third-order valence-electron chi connectivity index (χ3n) is 22.4. The number of hydrogen-bond acceptors (Lipinski definition) is 4. The SMILES string of the molecule is CCCCCCCCCCOc1ccc(-c2c(-c3ccc(OCCCCCCCCCC)cc3)c3cccc4c5c(c6cccc2c6c34)=C=C=C=C=c2c(c3cccc4c(-c6ccc(OCCCCCCCCCC)cc6)c(-c6ccc(OCCCCCCCCCC)cc6)c6cccc2c6c43)=C=C=C=C=5)cc1. The summed E-state index contributed by atoms with van der Waals surface area (Å²) in [6, 6.07) is 62.2. The second-order valence-corrected chi connectivity index (χ2v) is 30.3. The molecule has 12 aromatic carbocycles. The van der Waals surface area contributed by atoms with Gasteiger partial charge < -0.3 is 18.9 Å². The molecule has 0 unspecified atom stereocenters. The zero-order chi connectivity index (χ0) is 73.9. The molecule has 552 valence electrons. The Morgan fingerprint density at radius 1 is 0.194 bits per heavy atom. The fourth-order valence-corrected chi connectivity index (χ4v) is 16.7. The lowest BCUT2D eigenvalue weighted by molar-refractivity contribution is 0.304. The molecule has 0 aromatic heterocycles. The van der Waals surface area contributed by atoms with Crippen LogP contribution in [0.15, 0.2) is 193 Å². The highest BCUT2D eigenvalue weighted by atomic mass is 16.5. The Balaban J connectivity index is 0.931. The number of fused-ring (bicyclic) bond motifs is 6. The van der Waals surface area contributed by atoms with E-state index in [1.807, 2.05) is 0 Å². The lowest BCUT2D eigenvalue weighted by Crippen LogP contribution is -2.25. The normalized spacial score (nSPS) is 11.7. The van der Waals surface area contributed by atoms with Gasteiger partial charge in [-0.3, -0.25) is 0 Å². The van der Waals surface area contributed by atoms with Gasteiger partial charge in [0.05, 0.1) is 26.4 Å². The first-order chi connectivity index (χ1) is 53.6. The van der Waals surface area contributed by atoms with Gasteiger partial charge >= 0.3 is 0 Å². The van der Waals surface area contributed by atoms with Gasteiger partial charge in [-0.1, -0.05) is 352 Å². The summed E-state index contributed by atoms with van der Waals surface area (Å²) < 4.78 is 25.8. The lowest BCUT2D eigenvalue weighted by atomic mass is 9.81. The van der Waals surface area contributed by atoms with Crippen molar-refractivity contribution >= 4 is 87.6 Å². The van der Waals surface area contributed by atoms with Gasteiger partial charge in [-0.05, 0) is 206 Å². The Hall–Kier alpha value is -9.84. The summed E-state index contributed by atoms with van der Waals surface area (Å²) in [5, 5.41) is 16.8. The van der Waals surface area contributed by atoms with E-state index < -0.39 is 0 Å². The van der Waals surface area contributed by atoms with Crippen LogP contribution in [0, 0.1) is 0 Å². The first-order valence-electron chi connectivity index (χ1n) is 42.1. The molecule has 0 atom stereocenters. The predicted octanol–water partition coefficient (Wildman–Crippen LogP) is 27.2. The van der Waals surface area contributed by atoms with Crippen molar-refractivity contribution in [2.24, 2.45) is 0 Å². The molecule has 0 heterocycles. The first-order valence-corrected chi connectivity index (χ1v) is 42.1. The fourth-order valence-electron chi connectivity index (χ4n) is 16.7. The van der Waals surface area contributed by atoms with Crippen LogP contribution in [0.1, 0.15) is 233 Å². The molecular formula is C104H112O4. The Labute approximate surface area is 643 Å². The molecule has 0 saturated heterocycles. The van der Waals surface area contributed by atoms with E-state index in [0.29, 0.717) is 26.4 Å². The maximum Gasteiger partial charge on any atom is 0.119 e.